The molecule has 30 heavy (non-hydrogen) atoms. The molecule has 1 aliphatic carbocycles. The minimum atomic E-state index is -0.101. The van der Waals surface area contributed by atoms with E-state index >= 15 is 0 Å². The molecule has 0 saturated heterocycles. The summed E-state index contributed by atoms with van der Waals surface area (Å²) in [4.78, 5) is 21.2. The molecule has 2 aromatic carbocycles. The lowest BCUT2D eigenvalue weighted by Crippen LogP contribution is -2.48. The lowest BCUT2D eigenvalue weighted by molar-refractivity contribution is -0.134. The molecule has 0 radical (unpaired) electrons. The molecule has 154 valence electrons. The number of H-pyrrole nitrogens is 1. The molecular formula is C26H29N3O. The number of nitrogens with one attached hydrogen (secondary N) is 1. The van der Waals surface area contributed by atoms with Gasteiger partial charge in [-0.2, -0.15) is 0 Å². The fourth-order valence-electron chi connectivity index (χ4n) is 5.24. The molecule has 4 nitrogen and oxygen atoms in total. The van der Waals surface area contributed by atoms with E-state index in [0.717, 1.165) is 32.6 Å². The maximum atomic E-state index is 13.3. The summed E-state index contributed by atoms with van der Waals surface area (Å²) >= 11 is 0. The van der Waals surface area contributed by atoms with Gasteiger partial charge in [-0.3, -0.25) is 9.69 Å². The fourth-order valence-corrected chi connectivity index (χ4v) is 5.24. The molecule has 3 aromatic rings. The second kappa shape index (κ2) is 7.77. The van der Waals surface area contributed by atoms with E-state index in [0.29, 0.717) is 6.04 Å². The van der Waals surface area contributed by atoms with Gasteiger partial charge < -0.3 is 9.88 Å². The first kappa shape index (κ1) is 19.1. The van der Waals surface area contributed by atoms with Gasteiger partial charge in [0.25, 0.3) is 0 Å². The van der Waals surface area contributed by atoms with Gasteiger partial charge in [0.1, 0.15) is 0 Å². The minimum Gasteiger partial charge on any atom is -0.361 e. The van der Waals surface area contributed by atoms with Crippen LogP contribution < -0.4 is 0 Å². The quantitative estimate of drug-likeness (QED) is 0.687. The van der Waals surface area contributed by atoms with Crippen LogP contribution in [-0.2, 0) is 17.8 Å². The molecule has 0 saturated carbocycles. The van der Waals surface area contributed by atoms with Gasteiger partial charge in [-0.25, -0.2) is 0 Å². The van der Waals surface area contributed by atoms with E-state index in [1.165, 1.54) is 33.2 Å². The van der Waals surface area contributed by atoms with Crippen molar-refractivity contribution in [1.29, 1.82) is 0 Å². The Hall–Kier alpha value is -2.85. The molecule has 1 amide bonds. The van der Waals surface area contributed by atoms with Crippen LogP contribution in [0.1, 0.15) is 30.5 Å². The predicted octanol–water partition coefficient (Wildman–Crippen LogP) is 4.48. The van der Waals surface area contributed by atoms with Gasteiger partial charge in [0.05, 0.1) is 5.92 Å². The van der Waals surface area contributed by atoms with Crippen molar-refractivity contribution in [2.24, 2.45) is 5.92 Å². The molecule has 2 atom stereocenters. The highest BCUT2D eigenvalue weighted by Crippen LogP contribution is 2.41. The van der Waals surface area contributed by atoms with Gasteiger partial charge in [0, 0.05) is 49.3 Å². The van der Waals surface area contributed by atoms with Crippen molar-refractivity contribution in [3.63, 3.8) is 0 Å². The number of benzene rings is 2. The van der Waals surface area contributed by atoms with Crippen LogP contribution in [0, 0.1) is 5.92 Å². The SMILES string of the molecule is CCN(CC)C(=O)[C@@H]1C=C2c3cccc4[nH]cc(c34)C[C@H]2N(Cc2ccccc2)C1. The van der Waals surface area contributed by atoms with Crippen molar-refractivity contribution in [2.75, 3.05) is 19.6 Å². The molecule has 0 fully saturated rings. The summed E-state index contributed by atoms with van der Waals surface area (Å²) in [5.41, 5.74) is 6.48. The molecular weight excluding hydrogens is 370 g/mol. The Kier molecular flexibility index (Phi) is 4.95. The number of rotatable bonds is 5. The van der Waals surface area contributed by atoms with Gasteiger partial charge in [-0.1, -0.05) is 48.5 Å². The van der Waals surface area contributed by atoms with Crippen molar-refractivity contribution in [3.05, 3.63) is 77.5 Å². The minimum absolute atomic E-state index is 0.101. The predicted molar refractivity (Wildman–Crippen MR) is 122 cm³/mol. The van der Waals surface area contributed by atoms with Crippen LogP contribution in [0.4, 0.5) is 0 Å². The average Bonchev–Trinajstić information content (AvgIpc) is 3.20. The third-order valence-corrected chi connectivity index (χ3v) is 6.74. The third kappa shape index (κ3) is 3.16. The molecule has 4 heteroatoms. The van der Waals surface area contributed by atoms with E-state index in [9.17, 15) is 4.79 Å². The summed E-state index contributed by atoms with van der Waals surface area (Å²) in [5, 5.41) is 1.33. The number of hydrogen-bond donors (Lipinski definition) is 1. The lowest BCUT2D eigenvalue weighted by Gasteiger charge is -2.42. The van der Waals surface area contributed by atoms with Gasteiger partial charge in [0.2, 0.25) is 5.91 Å². The summed E-state index contributed by atoms with van der Waals surface area (Å²) in [7, 11) is 0. The Morgan fingerprint density at radius 2 is 1.90 bits per heavy atom. The maximum absolute atomic E-state index is 13.3. The molecule has 0 unspecified atom stereocenters. The lowest BCUT2D eigenvalue weighted by atomic mass is 9.79. The topological polar surface area (TPSA) is 39.3 Å². The maximum Gasteiger partial charge on any atom is 0.230 e. The van der Waals surface area contributed by atoms with E-state index in [-0.39, 0.29) is 11.8 Å². The third-order valence-electron chi connectivity index (χ3n) is 6.74. The van der Waals surface area contributed by atoms with Crippen molar-refractivity contribution < 1.29 is 4.79 Å². The zero-order valence-electron chi connectivity index (χ0n) is 17.8. The average molecular weight is 400 g/mol. The Morgan fingerprint density at radius 1 is 1.10 bits per heavy atom. The van der Waals surface area contributed by atoms with Gasteiger partial charge in [-0.05, 0) is 48.6 Å². The number of fused-ring (bicyclic) bond motifs is 2. The number of amides is 1. The Balaban J connectivity index is 1.58. The van der Waals surface area contributed by atoms with Crippen LogP contribution in [-0.4, -0.2) is 46.4 Å². The van der Waals surface area contributed by atoms with E-state index in [1.54, 1.807) is 0 Å². The van der Waals surface area contributed by atoms with Crippen LogP contribution in [0.25, 0.3) is 16.5 Å². The molecule has 1 aliphatic heterocycles. The Bertz CT molecular complexity index is 1090. The first-order valence-electron chi connectivity index (χ1n) is 11.1. The number of aromatic amines is 1. The summed E-state index contributed by atoms with van der Waals surface area (Å²) in [6.45, 7) is 7.28. The van der Waals surface area contributed by atoms with E-state index < -0.39 is 0 Å². The van der Waals surface area contributed by atoms with Crippen LogP contribution in [0.15, 0.2) is 60.8 Å². The number of carbonyl (C=O) groups excluding carboxylic acids is 1. The van der Waals surface area contributed by atoms with E-state index in [2.05, 4.69) is 84.5 Å². The smallest absolute Gasteiger partial charge is 0.230 e. The largest absolute Gasteiger partial charge is 0.361 e. The van der Waals surface area contributed by atoms with Crippen LogP contribution >= 0.6 is 0 Å². The zero-order valence-corrected chi connectivity index (χ0v) is 17.8. The van der Waals surface area contributed by atoms with Crippen LogP contribution in [0.2, 0.25) is 0 Å². The normalized spacial score (nSPS) is 20.7. The zero-order chi connectivity index (χ0) is 20.7. The van der Waals surface area contributed by atoms with Crippen LogP contribution in [0.3, 0.4) is 0 Å². The number of hydrogen-bond acceptors (Lipinski definition) is 2. The van der Waals surface area contributed by atoms with Crippen molar-refractivity contribution in [2.45, 2.75) is 32.9 Å². The van der Waals surface area contributed by atoms with Gasteiger partial charge in [-0.15, -0.1) is 0 Å². The molecule has 0 bridgehead atoms. The van der Waals surface area contributed by atoms with E-state index in [4.69, 9.17) is 0 Å². The Labute approximate surface area is 178 Å². The van der Waals surface area contributed by atoms with Crippen LogP contribution in [0.5, 0.6) is 0 Å². The second-order valence-electron chi connectivity index (χ2n) is 8.42. The monoisotopic (exact) mass is 399 g/mol. The summed E-state index contributed by atoms with van der Waals surface area (Å²) < 4.78 is 0. The molecule has 2 aliphatic rings. The second-order valence-corrected chi connectivity index (χ2v) is 8.42. The standard InChI is InChI=1S/C26H29N3O/c1-3-28(4-2)26(30)20-13-22-21-11-8-12-23-25(21)19(15-27-23)14-24(22)29(17-20)16-18-9-6-5-7-10-18/h5-13,15,20,24,27H,3-4,14,16-17H2,1-2H3/t20-,24-/m1/s1. The molecule has 1 N–H and O–H groups in total. The van der Waals surface area contributed by atoms with Crippen molar-refractivity contribution in [1.82, 2.24) is 14.8 Å². The van der Waals surface area contributed by atoms with Gasteiger partial charge >= 0.3 is 0 Å². The van der Waals surface area contributed by atoms with Gasteiger partial charge in [0.15, 0.2) is 0 Å². The molecule has 2 heterocycles. The highest BCUT2D eigenvalue weighted by atomic mass is 16.2. The van der Waals surface area contributed by atoms with Crippen molar-refractivity contribution in [3.8, 4) is 0 Å². The highest BCUT2D eigenvalue weighted by Gasteiger charge is 2.38. The fraction of sp³-hybridized carbons (Fsp3) is 0.346. The Morgan fingerprint density at radius 3 is 2.67 bits per heavy atom. The number of aromatic nitrogens is 1. The molecule has 5 rings (SSSR count). The summed E-state index contributed by atoms with van der Waals surface area (Å²) in [6, 6.07) is 17.4. The van der Waals surface area contributed by atoms with Crippen molar-refractivity contribution >= 4 is 22.4 Å². The molecule has 0 spiro atoms. The first-order chi connectivity index (χ1) is 14.7. The highest BCUT2D eigenvalue weighted by molar-refractivity contribution is 5.99. The van der Waals surface area contributed by atoms with E-state index in [1.807, 2.05) is 4.90 Å². The molecule has 1 aromatic heterocycles. The summed E-state index contributed by atoms with van der Waals surface area (Å²) in [5.74, 6) is 0.145. The number of nitrogens with zero attached hydrogens (tertiary/aromatic N) is 2. The number of carbonyl (C=O) groups is 1. The first-order valence-corrected chi connectivity index (χ1v) is 11.1. The summed E-state index contributed by atoms with van der Waals surface area (Å²) in [6.07, 6.45) is 5.43.